The fraction of sp³-hybridized carbons (Fsp3) is 0.438. The van der Waals surface area contributed by atoms with E-state index >= 15 is 0 Å². The zero-order chi connectivity index (χ0) is 14.0. The van der Waals surface area contributed by atoms with Crippen molar-refractivity contribution in [2.45, 2.75) is 32.7 Å². The third-order valence-electron chi connectivity index (χ3n) is 3.98. The maximum atomic E-state index is 12.3. The minimum atomic E-state index is 0.0156. The lowest BCUT2D eigenvalue weighted by Gasteiger charge is -2.33. The first-order valence-electron chi connectivity index (χ1n) is 6.67. The Morgan fingerprint density at radius 2 is 2.00 bits per heavy atom. The molecule has 0 N–H and O–H groups in total. The SMILES string of the molecule is CCC(C)(C)N(C)CC(=O)c1cc2ccccc2o1. The highest BCUT2D eigenvalue weighted by atomic mass is 16.3. The fourth-order valence-corrected chi connectivity index (χ4v) is 1.90. The van der Waals surface area contributed by atoms with Gasteiger partial charge in [0.25, 0.3) is 0 Å². The number of furan rings is 1. The predicted molar refractivity (Wildman–Crippen MR) is 77.5 cm³/mol. The van der Waals surface area contributed by atoms with E-state index in [1.54, 1.807) is 0 Å². The highest BCUT2D eigenvalue weighted by Crippen LogP contribution is 2.21. The van der Waals surface area contributed by atoms with Gasteiger partial charge in [0.1, 0.15) is 5.58 Å². The molecule has 1 aromatic heterocycles. The van der Waals surface area contributed by atoms with Crippen molar-refractivity contribution in [2.75, 3.05) is 13.6 Å². The molecule has 0 spiro atoms. The van der Waals surface area contributed by atoms with Crippen LogP contribution in [0.2, 0.25) is 0 Å². The molecule has 0 saturated heterocycles. The molecule has 19 heavy (non-hydrogen) atoms. The fourth-order valence-electron chi connectivity index (χ4n) is 1.90. The Labute approximate surface area is 114 Å². The van der Waals surface area contributed by atoms with Crippen LogP contribution in [0.3, 0.4) is 0 Å². The molecule has 0 aliphatic heterocycles. The van der Waals surface area contributed by atoms with Gasteiger partial charge in [-0.2, -0.15) is 0 Å². The van der Waals surface area contributed by atoms with Crippen LogP contribution in [0.25, 0.3) is 11.0 Å². The van der Waals surface area contributed by atoms with E-state index < -0.39 is 0 Å². The maximum absolute atomic E-state index is 12.3. The van der Waals surface area contributed by atoms with Gasteiger partial charge in [-0.3, -0.25) is 9.69 Å². The van der Waals surface area contributed by atoms with Crippen LogP contribution in [0.1, 0.15) is 37.7 Å². The molecule has 0 aliphatic rings. The summed E-state index contributed by atoms with van der Waals surface area (Å²) in [5.41, 5.74) is 0.782. The number of nitrogens with zero attached hydrogens (tertiary/aromatic N) is 1. The lowest BCUT2D eigenvalue weighted by molar-refractivity contribution is 0.0822. The summed E-state index contributed by atoms with van der Waals surface area (Å²) in [6.07, 6.45) is 0.997. The van der Waals surface area contributed by atoms with Gasteiger partial charge >= 0.3 is 0 Å². The molecule has 0 saturated carbocycles. The highest BCUT2D eigenvalue weighted by Gasteiger charge is 2.24. The van der Waals surface area contributed by atoms with Crippen LogP contribution < -0.4 is 0 Å². The lowest BCUT2D eigenvalue weighted by atomic mass is 9.99. The standard InChI is InChI=1S/C16H21NO2/c1-5-16(2,3)17(4)11-13(18)15-10-12-8-6-7-9-14(12)19-15/h6-10H,5,11H2,1-4H3. The minimum absolute atomic E-state index is 0.0156. The normalized spacial score (nSPS) is 12.3. The first-order valence-corrected chi connectivity index (χ1v) is 6.67. The van der Waals surface area contributed by atoms with Crippen molar-refractivity contribution in [2.24, 2.45) is 0 Å². The van der Waals surface area contributed by atoms with Crippen molar-refractivity contribution in [1.82, 2.24) is 4.90 Å². The monoisotopic (exact) mass is 259 g/mol. The van der Waals surface area contributed by atoms with Gasteiger partial charge in [0.15, 0.2) is 5.76 Å². The number of fused-ring (bicyclic) bond motifs is 1. The average molecular weight is 259 g/mol. The summed E-state index contributed by atoms with van der Waals surface area (Å²) < 4.78 is 5.60. The number of carbonyl (C=O) groups is 1. The van der Waals surface area contributed by atoms with Crippen LogP contribution in [0.5, 0.6) is 0 Å². The molecule has 0 fully saturated rings. The Morgan fingerprint density at radius 1 is 1.32 bits per heavy atom. The van der Waals surface area contributed by atoms with Crippen LogP contribution in [-0.4, -0.2) is 29.8 Å². The van der Waals surface area contributed by atoms with Crippen molar-refractivity contribution in [3.63, 3.8) is 0 Å². The average Bonchev–Trinajstić information content (AvgIpc) is 2.82. The van der Waals surface area contributed by atoms with Crippen LogP contribution in [0.15, 0.2) is 34.7 Å². The van der Waals surface area contributed by atoms with E-state index in [9.17, 15) is 4.79 Å². The van der Waals surface area contributed by atoms with Gasteiger partial charge in [0.2, 0.25) is 5.78 Å². The van der Waals surface area contributed by atoms with E-state index in [2.05, 4.69) is 25.7 Å². The maximum Gasteiger partial charge on any atom is 0.211 e. The summed E-state index contributed by atoms with van der Waals surface area (Å²) in [4.78, 5) is 14.3. The van der Waals surface area contributed by atoms with Gasteiger partial charge in [0.05, 0.1) is 6.54 Å². The van der Waals surface area contributed by atoms with Gasteiger partial charge in [-0.15, -0.1) is 0 Å². The largest absolute Gasteiger partial charge is 0.453 e. The molecule has 102 valence electrons. The molecule has 0 amide bonds. The van der Waals surface area contributed by atoms with Gasteiger partial charge in [-0.1, -0.05) is 25.1 Å². The van der Waals surface area contributed by atoms with Gasteiger partial charge < -0.3 is 4.42 Å². The second-order valence-corrected chi connectivity index (χ2v) is 5.59. The smallest absolute Gasteiger partial charge is 0.211 e. The third-order valence-corrected chi connectivity index (χ3v) is 3.98. The molecule has 2 rings (SSSR count). The first kappa shape index (κ1) is 13.8. The number of ketones is 1. The lowest BCUT2D eigenvalue weighted by Crippen LogP contribution is -2.43. The first-order chi connectivity index (χ1) is 8.94. The van der Waals surface area contributed by atoms with E-state index in [1.807, 2.05) is 37.4 Å². The van der Waals surface area contributed by atoms with Gasteiger partial charge in [-0.05, 0) is 39.4 Å². The van der Waals surface area contributed by atoms with E-state index in [-0.39, 0.29) is 11.3 Å². The van der Waals surface area contributed by atoms with Crippen molar-refractivity contribution in [3.8, 4) is 0 Å². The second-order valence-electron chi connectivity index (χ2n) is 5.59. The Kier molecular flexibility index (Phi) is 3.76. The van der Waals surface area contributed by atoms with Crippen LogP contribution in [0, 0.1) is 0 Å². The Morgan fingerprint density at radius 3 is 2.63 bits per heavy atom. The van der Waals surface area contributed by atoms with Crippen LogP contribution in [-0.2, 0) is 0 Å². The van der Waals surface area contributed by atoms with Crippen molar-refractivity contribution in [3.05, 3.63) is 36.1 Å². The van der Waals surface area contributed by atoms with Crippen molar-refractivity contribution >= 4 is 16.8 Å². The molecule has 0 radical (unpaired) electrons. The summed E-state index contributed by atoms with van der Waals surface area (Å²) in [5, 5.41) is 0.975. The molecule has 1 aromatic carbocycles. The topological polar surface area (TPSA) is 33.5 Å². The zero-order valence-corrected chi connectivity index (χ0v) is 12.1. The third kappa shape index (κ3) is 2.87. The predicted octanol–water partition coefficient (Wildman–Crippen LogP) is 3.74. The molecule has 3 heteroatoms. The Balaban J connectivity index is 2.16. The summed E-state index contributed by atoms with van der Waals surface area (Å²) in [5.74, 6) is 0.472. The molecule has 0 atom stereocenters. The number of Topliss-reactive ketones (excluding diaryl/α,β-unsaturated/α-hetero) is 1. The molecule has 0 bridgehead atoms. The molecular formula is C16H21NO2. The van der Waals surface area contributed by atoms with Crippen LogP contribution in [0.4, 0.5) is 0 Å². The molecule has 3 nitrogen and oxygen atoms in total. The summed E-state index contributed by atoms with van der Waals surface area (Å²) in [6, 6.07) is 9.51. The number of carbonyl (C=O) groups excluding carboxylic acids is 1. The van der Waals surface area contributed by atoms with E-state index in [1.165, 1.54) is 0 Å². The minimum Gasteiger partial charge on any atom is -0.453 e. The number of benzene rings is 1. The summed E-state index contributed by atoms with van der Waals surface area (Å²) in [6.45, 7) is 6.78. The summed E-state index contributed by atoms with van der Waals surface area (Å²) in [7, 11) is 1.98. The number of likely N-dealkylation sites (N-methyl/N-ethyl adjacent to an activating group) is 1. The Hall–Kier alpha value is -1.61. The molecular weight excluding hydrogens is 238 g/mol. The highest BCUT2D eigenvalue weighted by molar-refractivity contribution is 5.98. The number of para-hydroxylation sites is 1. The van der Waals surface area contributed by atoms with Crippen molar-refractivity contribution < 1.29 is 9.21 Å². The zero-order valence-electron chi connectivity index (χ0n) is 12.1. The second kappa shape index (κ2) is 5.17. The number of rotatable bonds is 5. The quantitative estimate of drug-likeness (QED) is 0.767. The number of hydrogen-bond donors (Lipinski definition) is 0. The van der Waals surface area contributed by atoms with E-state index in [4.69, 9.17) is 4.42 Å². The summed E-state index contributed by atoms with van der Waals surface area (Å²) >= 11 is 0. The molecule has 0 unspecified atom stereocenters. The molecule has 0 aliphatic carbocycles. The van der Waals surface area contributed by atoms with Gasteiger partial charge in [-0.25, -0.2) is 0 Å². The molecule has 1 heterocycles. The van der Waals surface area contributed by atoms with Crippen molar-refractivity contribution in [1.29, 1.82) is 0 Å². The van der Waals surface area contributed by atoms with E-state index in [0.29, 0.717) is 12.3 Å². The van der Waals surface area contributed by atoms with Crippen LogP contribution >= 0.6 is 0 Å². The van der Waals surface area contributed by atoms with E-state index in [0.717, 1.165) is 17.4 Å². The number of hydrogen-bond acceptors (Lipinski definition) is 3. The Bertz CT molecular complexity index is 550. The molecule has 2 aromatic rings. The van der Waals surface area contributed by atoms with Gasteiger partial charge in [0, 0.05) is 10.9 Å².